The van der Waals surface area contributed by atoms with Crippen molar-refractivity contribution in [3.8, 4) is 0 Å². The number of nitrogens with one attached hydrogen (secondary N) is 1. The average Bonchev–Trinajstić information content (AvgIpc) is 3.32. The van der Waals surface area contributed by atoms with Gasteiger partial charge in [0.05, 0.1) is 25.0 Å². The van der Waals surface area contributed by atoms with E-state index in [2.05, 4.69) is 21.2 Å². The molecule has 1 saturated carbocycles. The monoisotopic (exact) mass is 366 g/mol. The van der Waals surface area contributed by atoms with Gasteiger partial charge in [0, 0.05) is 23.2 Å². The molecule has 0 aromatic heterocycles. The molecule has 2 aliphatic rings. The van der Waals surface area contributed by atoms with Crippen molar-refractivity contribution in [2.75, 3.05) is 31.6 Å². The van der Waals surface area contributed by atoms with Gasteiger partial charge in [-0.05, 0) is 37.1 Å². The molecule has 1 aliphatic heterocycles. The van der Waals surface area contributed by atoms with E-state index in [9.17, 15) is 9.59 Å². The van der Waals surface area contributed by atoms with Crippen LogP contribution in [-0.2, 0) is 14.3 Å². The fourth-order valence-electron chi connectivity index (χ4n) is 2.73. The van der Waals surface area contributed by atoms with Crippen LogP contribution in [0.1, 0.15) is 12.0 Å². The number of benzene rings is 1. The Hall–Kier alpha value is -1.40. The molecule has 1 heterocycles. The van der Waals surface area contributed by atoms with E-state index in [-0.39, 0.29) is 23.7 Å². The van der Waals surface area contributed by atoms with E-state index >= 15 is 0 Å². The first-order valence-corrected chi connectivity index (χ1v) is 8.29. The zero-order valence-corrected chi connectivity index (χ0v) is 14.1. The van der Waals surface area contributed by atoms with Gasteiger partial charge in [0.2, 0.25) is 11.8 Å². The molecule has 2 atom stereocenters. The first-order chi connectivity index (χ1) is 10.6. The Morgan fingerprint density at radius 3 is 2.68 bits per heavy atom. The zero-order chi connectivity index (χ0) is 15.7. The Labute approximate surface area is 138 Å². The van der Waals surface area contributed by atoms with Gasteiger partial charge in [-0.2, -0.15) is 0 Å². The number of hydrogen-bond donors (Lipinski definition) is 1. The van der Waals surface area contributed by atoms with Gasteiger partial charge < -0.3 is 15.0 Å². The lowest BCUT2D eigenvalue weighted by atomic mass is 10.2. The maximum absolute atomic E-state index is 12.3. The van der Waals surface area contributed by atoms with Crippen LogP contribution in [0.2, 0.25) is 0 Å². The minimum atomic E-state index is -0.195. The molecule has 1 aromatic carbocycles. The number of carbonyl (C=O) groups excluding carboxylic acids is 2. The lowest BCUT2D eigenvalue weighted by Gasteiger charge is -2.27. The molecular weight excluding hydrogens is 348 g/mol. The van der Waals surface area contributed by atoms with Crippen molar-refractivity contribution in [2.45, 2.75) is 13.3 Å². The van der Waals surface area contributed by atoms with E-state index in [1.165, 1.54) is 0 Å². The number of ether oxygens (including phenoxy) is 1. The second kappa shape index (κ2) is 6.38. The van der Waals surface area contributed by atoms with Crippen LogP contribution in [-0.4, -0.2) is 43.0 Å². The van der Waals surface area contributed by atoms with E-state index in [4.69, 9.17) is 4.74 Å². The molecule has 1 aliphatic carbocycles. The third kappa shape index (κ3) is 3.33. The zero-order valence-electron chi connectivity index (χ0n) is 12.5. The molecule has 6 heteroatoms. The van der Waals surface area contributed by atoms with Gasteiger partial charge in [0.1, 0.15) is 0 Å². The van der Waals surface area contributed by atoms with Crippen LogP contribution in [0.15, 0.2) is 22.7 Å². The molecule has 118 valence electrons. The number of rotatable bonds is 3. The third-order valence-corrected chi connectivity index (χ3v) is 5.08. The molecule has 5 nitrogen and oxygen atoms in total. The van der Waals surface area contributed by atoms with Gasteiger partial charge in [-0.3, -0.25) is 9.59 Å². The molecule has 2 fully saturated rings. The normalized spacial score (nSPS) is 24.0. The van der Waals surface area contributed by atoms with Crippen molar-refractivity contribution in [3.63, 3.8) is 0 Å². The molecule has 1 aromatic rings. The maximum atomic E-state index is 12.3. The van der Waals surface area contributed by atoms with Crippen LogP contribution in [0, 0.1) is 18.8 Å². The highest BCUT2D eigenvalue weighted by Gasteiger charge is 2.49. The van der Waals surface area contributed by atoms with E-state index in [1.807, 2.05) is 30.0 Å². The van der Waals surface area contributed by atoms with E-state index in [0.29, 0.717) is 32.7 Å². The predicted molar refractivity (Wildman–Crippen MR) is 86.5 cm³/mol. The number of hydrogen-bond acceptors (Lipinski definition) is 3. The number of anilines is 1. The summed E-state index contributed by atoms with van der Waals surface area (Å²) in [5.41, 5.74) is 1.84. The second-order valence-electron chi connectivity index (χ2n) is 5.84. The fourth-order valence-corrected chi connectivity index (χ4v) is 2.98. The molecule has 0 spiro atoms. The molecule has 2 amide bonds. The summed E-state index contributed by atoms with van der Waals surface area (Å²) in [5, 5.41) is 2.90. The Morgan fingerprint density at radius 1 is 1.27 bits per heavy atom. The van der Waals surface area contributed by atoms with Crippen LogP contribution < -0.4 is 5.32 Å². The molecule has 2 unspecified atom stereocenters. The maximum Gasteiger partial charge on any atom is 0.228 e. The van der Waals surface area contributed by atoms with Gasteiger partial charge in [-0.1, -0.05) is 15.9 Å². The minimum absolute atomic E-state index is 0.0617. The fraction of sp³-hybridized carbons (Fsp3) is 0.500. The van der Waals surface area contributed by atoms with Gasteiger partial charge in [0.25, 0.3) is 0 Å². The smallest absolute Gasteiger partial charge is 0.228 e. The summed E-state index contributed by atoms with van der Waals surface area (Å²) in [6, 6.07) is 5.69. The Kier molecular flexibility index (Phi) is 4.49. The second-order valence-corrected chi connectivity index (χ2v) is 6.69. The quantitative estimate of drug-likeness (QED) is 0.891. The Morgan fingerprint density at radius 2 is 2.00 bits per heavy atom. The van der Waals surface area contributed by atoms with Crippen LogP contribution in [0.25, 0.3) is 0 Å². The van der Waals surface area contributed by atoms with Gasteiger partial charge in [-0.25, -0.2) is 0 Å². The number of halogens is 1. The molecule has 3 rings (SSSR count). The predicted octanol–water partition coefficient (Wildman–Crippen LogP) is 2.19. The van der Waals surface area contributed by atoms with Crippen molar-refractivity contribution in [3.05, 3.63) is 28.2 Å². The van der Waals surface area contributed by atoms with Gasteiger partial charge >= 0.3 is 0 Å². The van der Waals surface area contributed by atoms with E-state index in [1.54, 1.807) is 0 Å². The van der Waals surface area contributed by atoms with Crippen molar-refractivity contribution < 1.29 is 14.3 Å². The Balaban J connectivity index is 1.55. The highest BCUT2D eigenvalue weighted by molar-refractivity contribution is 9.10. The third-order valence-electron chi connectivity index (χ3n) is 4.19. The standard InChI is InChI=1S/C16H19BrN2O3/c1-10-8-11(2-3-14(10)17)18-15(20)12-9-13(12)16(21)19-4-6-22-7-5-19/h2-3,8,12-13H,4-7,9H2,1H3,(H,18,20). The Bertz CT molecular complexity index is 599. The number of nitrogens with zero attached hydrogens (tertiary/aromatic N) is 1. The molecule has 22 heavy (non-hydrogen) atoms. The van der Waals surface area contributed by atoms with Crippen molar-refractivity contribution in [1.82, 2.24) is 4.90 Å². The van der Waals surface area contributed by atoms with E-state index < -0.39 is 0 Å². The summed E-state index contributed by atoms with van der Waals surface area (Å²) in [6.45, 7) is 4.42. The van der Waals surface area contributed by atoms with Crippen LogP contribution in [0.4, 0.5) is 5.69 Å². The number of amides is 2. The molecule has 0 bridgehead atoms. The summed E-state index contributed by atoms with van der Waals surface area (Å²) in [5.74, 6) is -0.322. The first-order valence-electron chi connectivity index (χ1n) is 7.50. The largest absolute Gasteiger partial charge is 0.378 e. The van der Waals surface area contributed by atoms with Crippen LogP contribution >= 0.6 is 15.9 Å². The summed E-state index contributed by atoms with van der Waals surface area (Å²) in [7, 11) is 0. The van der Waals surface area contributed by atoms with Crippen LogP contribution in [0.5, 0.6) is 0 Å². The first kappa shape index (κ1) is 15.5. The van der Waals surface area contributed by atoms with E-state index in [0.717, 1.165) is 15.7 Å². The number of carbonyl (C=O) groups is 2. The molecule has 0 radical (unpaired) electrons. The number of morpholine rings is 1. The molecule has 1 saturated heterocycles. The van der Waals surface area contributed by atoms with Crippen molar-refractivity contribution in [2.24, 2.45) is 11.8 Å². The highest BCUT2D eigenvalue weighted by atomic mass is 79.9. The summed E-state index contributed by atoms with van der Waals surface area (Å²) in [4.78, 5) is 26.4. The van der Waals surface area contributed by atoms with Crippen molar-refractivity contribution >= 4 is 33.4 Å². The lowest BCUT2D eigenvalue weighted by Crippen LogP contribution is -2.42. The highest BCUT2D eigenvalue weighted by Crippen LogP contribution is 2.41. The number of aryl methyl sites for hydroxylation is 1. The van der Waals surface area contributed by atoms with Crippen LogP contribution in [0.3, 0.4) is 0 Å². The van der Waals surface area contributed by atoms with Gasteiger partial charge in [-0.15, -0.1) is 0 Å². The lowest BCUT2D eigenvalue weighted by molar-refractivity contribution is -0.137. The summed E-state index contributed by atoms with van der Waals surface area (Å²) in [6.07, 6.45) is 0.650. The average molecular weight is 367 g/mol. The summed E-state index contributed by atoms with van der Waals surface area (Å²) < 4.78 is 6.26. The van der Waals surface area contributed by atoms with Crippen molar-refractivity contribution in [1.29, 1.82) is 0 Å². The molecule has 1 N–H and O–H groups in total. The topological polar surface area (TPSA) is 58.6 Å². The van der Waals surface area contributed by atoms with Gasteiger partial charge in [0.15, 0.2) is 0 Å². The SMILES string of the molecule is Cc1cc(NC(=O)C2CC2C(=O)N2CCOCC2)ccc1Br. The summed E-state index contributed by atoms with van der Waals surface area (Å²) >= 11 is 3.44. The minimum Gasteiger partial charge on any atom is -0.378 e. The molecular formula is C16H19BrN2O3.